The molecular formula is C9H13N3O. The highest BCUT2D eigenvalue weighted by molar-refractivity contribution is 5.53. The third-order valence-electron chi connectivity index (χ3n) is 2.34. The van der Waals surface area contributed by atoms with Gasteiger partial charge in [-0.3, -0.25) is 0 Å². The van der Waals surface area contributed by atoms with E-state index in [0.717, 1.165) is 30.8 Å². The number of nitrogens with one attached hydrogen (secondary N) is 1. The van der Waals surface area contributed by atoms with Gasteiger partial charge in [0, 0.05) is 12.1 Å². The van der Waals surface area contributed by atoms with Gasteiger partial charge in [-0.15, -0.1) is 0 Å². The number of ether oxygens (including phenoxy) is 1. The standard InChI is InChI=1S/C9H13N3O/c1-13-9-7-4-11-3-2-6(7)8(10)5-12-9/h5,11H,2-4,10H2,1H3. The Balaban J connectivity index is 2.52. The van der Waals surface area contributed by atoms with Crippen molar-refractivity contribution >= 4 is 5.69 Å². The highest BCUT2D eigenvalue weighted by atomic mass is 16.5. The van der Waals surface area contributed by atoms with Gasteiger partial charge in [0.2, 0.25) is 5.88 Å². The van der Waals surface area contributed by atoms with Crippen molar-refractivity contribution < 1.29 is 4.74 Å². The second-order valence-corrected chi connectivity index (χ2v) is 3.11. The van der Waals surface area contributed by atoms with Crippen LogP contribution in [-0.4, -0.2) is 18.6 Å². The average Bonchev–Trinajstić information content (AvgIpc) is 2.19. The van der Waals surface area contributed by atoms with E-state index in [-0.39, 0.29) is 0 Å². The Hall–Kier alpha value is -1.29. The molecule has 0 aromatic carbocycles. The first-order chi connectivity index (χ1) is 6.33. The Morgan fingerprint density at radius 2 is 2.38 bits per heavy atom. The smallest absolute Gasteiger partial charge is 0.217 e. The molecule has 0 saturated heterocycles. The fraction of sp³-hybridized carbons (Fsp3) is 0.444. The average molecular weight is 179 g/mol. The third-order valence-corrected chi connectivity index (χ3v) is 2.34. The number of fused-ring (bicyclic) bond motifs is 1. The number of nitrogens with zero attached hydrogens (tertiary/aromatic N) is 1. The van der Waals surface area contributed by atoms with E-state index in [1.54, 1.807) is 13.3 Å². The molecule has 0 saturated carbocycles. The SMILES string of the molecule is COc1ncc(N)c2c1CNCC2. The van der Waals surface area contributed by atoms with Crippen LogP contribution in [0.15, 0.2) is 6.20 Å². The van der Waals surface area contributed by atoms with E-state index in [0.29, 0.717) is 5.88 Å². The largest absolute Gasteiger partial charge is 0.481 e. The van der Waals surface area contributed by atoms with Crippen molar-refractivity contribution in [1.29, 1.82) is 0 Å². The number of pyridine rings is 1. The van der Waals surface area contributed by atoms with Crippen LogP contribution in [-0.2, 0) is 13.0 Å². The molecule has 1 aliphatic rings. The van der Waals surface area contributed by atoms with Crippen LogP contribution in [0.2, 0.25) is 0 Å². The van der Waals surface area contributed by atoms with Gasteiger partial charge in [-0.05, 0) is 18.5 Å². The Morgan fingerprint density at radius 1 is 1.54 bits per heavy atom. The molecule has 3 N–H and O–H groups in total. The normalized spacial score (nSPS) is 15.2. The predicted octanol–water partition coefficient (Wildman–Crippen LogP) is 0.318. The van der Waals surface area contributed by atoms with E-state index >= 15 is 0 Å². The van der Waals surface area contributed by atoms with E-state index in [4.69, 9.17) is 10.5 Å². The van der Waals surface area contributed by atoms with Crippen LogP contribution in [0.1, 0.15) is 11.1 Å². The van der Waals surface area contributed by atoms with E-state index in [1.165, 1.54) is 5.56 Å². The number of rotatable bonds is 1. The lowest BCUT2D eigenvalue weighted by atomic mass is 10.0. The number of hydrogen-bond acceptors (Lipinski definition) is 4. The lowest BCUT2D eigenvalue weighted by molar-refractivity contribution is 0.388. The molecule has 0 spiro atoms. The molecule has 4 heteroatoms. The van der Waals surface area contributed by atoms with E-state index in [1.807, 2.05) is 0 Å². The zero-order valence-corrected chi connectivity index (χ0v) is 7.63. The van der Waals surface area contributed by atoms with Gasteiger partial charge in [0.1, 0.15) is 0 Å². The van der Waals surface area contributed by atoms with Crippen LogP contribution in [0.4, 0.5) is 5.69 Å². The zero-order chi connectivity index (χ0) is 9.26. The van der Waals surface area contributed by atoms with Gasteiger partial charge in [-0.25, -0.2) is 4.98 Å². The second kappa shape index (κ2) is 3.22. The predicted molar refractivity (Wildman–Crippen MR) is 50.6 cm³/mol. The third kappa shape index (κ3) is 1.33. The molecule has 0 fully saturated rings. The lowest BCUT2D eigenvalue weighted by Gasteiger charge is -2.20. The molecule has 0 radical (unpaired) electrons. The zero-order valence-electron chi connectivity index (χ0n) is 7.63. The summed E-state index contributed by atoms with van der Waals surface area (Å²) in [5, 5.41) is 3.27. The fourth-order valence-electron chi connectivity index (χ4n) is 1.67. The van der Waals surface area contributed by atoms with Crippen molar-refractivity contribution in [3.8, 4) is 5.88 Å². The fourth-order valence-corrected chi connectivity index (χ4v) is 1.67. The van der Waals surface area contributed by atoms with Crippen molar-refractivity contribution in [3.63, 3.8) is 0 Å². The number of methoxy groups -OCH3 is 1. The maximum atomic E-state index is 5.82. The van der Waals surface area contributed by atoms with Crippen LogP contribution >= 0.6 is 0 Å². The molecule has 13 heavy (non-hydrogen) atoms. The number of nitrogen functional groups attached to an aromatic ring is 1. The minimum atomic E-state index is 0.691. The molecule has 1 aromatic rings. The maximum absolute atomic E-state index is 5.82. The molecular weight excluding hydrogens is 166 g/mol. The van der Waals surface area contributed by atoms with Crippen LogP contribution in [0.5, 0.6) is 5.88 Å². The lowest BCUT2D eigenvalue weighted by Crippen LogP contribution is -2.25. The molecule has 2 rings (SSSR count). The highest BCUT2D eigenvalue weighted by Crippen LogP contribution is 2.26. The van der Waals surface area contributed by atoms with Crippen LogP contribution < -0.4 is 15.8 Å². The van der Waals surface area contributed by atoms with E-state index < -0.39 is 0 Å². The first-order valence-corrected chi connectivity index (χ1v) is 4.34. The summed E-state index contributed by atoms with van der Waals surface area (Å²) < 4.78 is 5.16. The van der Waals surface area contributed by atoms with Gasteiger partial charge in [-0.1, -0.05) is 0 Å². The van der Waals surface area contributed by atoms with Crippen molar-refractivity contribution in [1.82, 2.24) is 10.3 Å². The summed E-state index contributed by atoms with van der Waals surface area (Å²) in [6.07, 6.45) is 2.63. The molecule has 2 heterocycles. The molecule has 0 atom stereocenters. The van der Waals surface area contributed by atoms with Gasteiger partial charge in [-0.2, -0.15) is 0 Å². The molecule has 70 valence electrons. The van der Waals surface area contributed by atoms with Gasteiger partial charge in [0.25, 0.3) is 0 Å². The topological polar surface area (TPSA) is 60.2 Å². The summed E-state index contributed by atoms with van der Waals surface area (Å²) in [6.45, 7) is 1.78. The number of nitrogens with two attached hydrogens (primary N) is 1. The Kier molecular flexibility index (Phi) is 2.06. The molecule has 0 unspecified atom stereocenters. The van der Waals surface area contributed by atoms with Crippen LogP contribution in [0.25, 0.3) is 0 Å². The van der Waals surface area contributed by atoms with Gasteiger partial charge in [0.05, 0.1) is 19.0 Å². The molecule has 1 aliphatic heterocycles. The Labute approximate surface area is 77.1 Å². The second-order valence-electron chi connectivity index (χ2n) is 3.11. The van der Waals surface area contributed by atoms with Crippen molar-refractivity contribution in [3.05, 3.63) is 17.3 Å². The van der Waals surface area contributed by atoms with E-state index in [2.05, 4.69) is 10.3 Å². The molecule has 0 bridgehead atoms. The summed E-state index contributed by atoms with van der Waals surface area (Å²) in [7, 11) is 1.63. The number of hydrogen-bond donors (Lipinski definition) is 2. The Morgan fingerprint density at radius 3 is 3.15 bits per heavy atom. The summed E-state index contributed by atoms with van der Waals surface area (Å²) in [6, 6.07) is 0. The first kappa shape index (κ1) is 8.31. The highest BCUT2D eigenvalue weighted by Gasteiger charge is 2.16. The maximum Gasteiger partial charge on any atom is 0.217 e. The van der Waals surface area contributed by atoms with Crippen LogP contribution in [0, 0.1) is 0 Å². The monoisotopic (exact) mass is 179 g/mol. The molecule has 4 nitrogen and oxygen atoms in total. The van der Waals surface area contributed by atoms with Crippen molar-refractivity contribution in [2.24, 2.45) is 0 Å². The molecule has 0 aliphatic carbocycles. The van der Waals surface area contributed by atoms with Crippen molar-refractivity contribution in [2.75, 3.05) is 19.4 Å². The van der Waals surface area contributed by atoms with Gasteiger partial charge < -0.3 is 15.8 Å². The summed E-state index contributed by atoms with van der Waals surface area (Å²) in [5.74, 6) is 0.691. The minimum absolute atomic E-state index is 0.691. The summed E-state index contributed by atoms with van der Waals surface area (Å²) in [5.41, 5.74) is 8.89. The Bertz CT molecular complexity index is 325. The van der Waals surface area contributed by atoms with Crippen LogP contribution in [0.3, 0.4) is 0 Å². The quantitative estimate of drug-likeness (QED) is 0.651. The summed E-state index contributed by atoms with van der Waals surface area (Å²) in [4.78, 5) is 4.12. The number of aromatic nitrogens is 1. The van der Waals surface area contributed by atoms with Gasteiger partial charge in [0.15, 0.2) is 0 Å². The first-order valence-electron chi connectivity index (χ1n) is 4.34. The molecule has 1 aromatic heterocycles. The summed E-state index contributed by atoms with van der Waals surface area (Å²) >= 11 is 0. The van der Waals surface area contributed by atoms with Gasteiger partial charge >= 0.3 is 0 Å². The number of anilines is 1. The van der Waals surface area contributed by atoms with Crippen molar-refractivity contribution in [2.45, 2.75) is 13.0 Å². The minimum Gasteiger partial charge on any atom is -0.481 e. The molecule has 0 amide bonds. The van der Waals surface area contributed by atoms with E-state index in [9.17, 15) is 0 Å².